The van der Waals surface area contributed by atoms with Crippen LogP contribution < -0.4 is 0 Å². The van der Waals surface area contributed by atoms with Crippen LogP contribution in [-0.4, -0.2) is 37.4 Å². The summed E-state index contributed by atoms with van der Waals surface area (Å²) in [5.74, 6) is 1.71. The lowest BCUT2D eigenvalue weighted by Gasteiger charge is -2.34. The molecule has 178 valence electrons. The van der Waals surface area contributed by atoms with Crippen LogP contribution in [0.25, 0.3) is 0 Å². The number of benzene rings is 2. The fraction of sp³-hybridized carbons (Fsp3) is 0.444. The van der Waals surface area contributed by atoms with E-state index >= 15 is 0 Å². The minimum Gasteiger partial charge on any atom is -0.335 e. The number of amides is 1. The lowest BCUT2D eigenvalue weighted by molar-refractivity contribution is -0.132. The molecule has 7 heteroatoms. The smallest absolute Gasteiger partial charge is 0.233 e. The summed E-state index contributed by atoms with van der Waals surface area (Å²) < 4.78 is 15.6. The molecule has 2 saturated carbocycles. The largest absolute Gasteiger partial charge is 0.335 e. The van der Waals surface area contributed by atoms with Gasteiger partial charge in [0.25, 0.3) is 0 Å². The number of aromatic nitrogens is 3. The van der Waals surface area contributed by atoms with Crippen LogP contribution in [0.3, 0.4) is 0 Å². The van der Waals surface area contributed by atoms with E-state index in [9.17, 15) is 9.18 Å². The van der Waals surface area contributed by atoms with Crippen molar-refractivity contribution in [3.63, 3.8) is 0 Å². The molecule has 0 unspecified atom stereocenters. The summed E-state index contributed by atoms with van der Waals surface area (Å²) in [7, 11) is 0. The highest BCUT2D eigenvalue weighted by Crippen LogP contribution is 2.40. The van der Waals surface area contributed by atoms with Gasteiger partial charge in [0.2, 0.25) is 5.91 Å². The molecule has 0 N–H and O–H groups in total. The van der Waals surface area contributed by atoms with Crippen molar-refractivity contribution in [1.82, 2.24) is 19.7 Å². The van der Waals surface area contributed by atoms with Gasteiger partial charge in [0, 0.05) is 18.5 Å². The van der Waals surface area contributed by atoms with Crippen molar-refractivity contribution in [2.24, 2.45) is 0 Å². The van der Waals surface area contributed by atoms with Gasteiger partial charge >= 0.3 is 0 Å². The van der Waals surface area contributed by atoms with Gasteiger partial charge in [-0.15, -0.1) is 10.2 Å². The lowest BCUT2D eigenvalue weighted by atomic mass is 9.94. The molecule has 0 aliphatic heterocycles. The topological polar surface area (TPSA) is 51.0 Å². The molecule has 1 amide bonds. The molecule has 3 aromatic rings. The summed E-state index contributed by atoms with van der Waals surface area (Å²) in [5, 5.41) is 9.78. The average Bonchev–Trinajstić information content (AvgIpc) is 3.64. The second kappa shape index (κ2) is 10.7. The van der Waals surface area contributed by atoms with E-state index in [1.807, 2.05) is 23.1 Å². The summed E-state index contributed by atoms with van der Waals surface area (Å²) in [6.45, 7) is 1.24. The molecule has 2 aliphatic rings. The molecule has 0 radical (unpaired) electrons. The van der Waals surface area contributed by atoms with Crippen molar-refractivity contribution in [2.45, 2.75) is 75.2 Å². The predicted molar refractivity (Wildman–Crippen MR) is 132 cm³/mol. The summed E-state index contributed by atoms with van der Waals surface area (Å²) in [6, 6.07) is 17.1. The van der Waals surface area contributed by atoms with Gasteiger partial charge in [0.1, 0.15) is 11.6 Å². The Labute approximate surface area is 204 Å². The van der Waals surface area contributed by atoms with Crippen LogP contribution in [0.15, 0.2) is 59.8 Å². The molecule has 0 bridgehead atoms. The van der Waals surface area contributed by atoms with Crippen molar-refractivity contribution in [2.75, 3.05) is 5.75 Å². The van der Waals surface area contributed by atoms with Gasteiger partial charge in [-0.2, -0.15) is 0 Å². The molecule has 0 atom stereocenters. The summed E-state index contributed by atoms with van der Waals surface area (Å²) >= 11 is 1.48. The average molecular weight is 479 g/mol. The van der Waals surface area contributed by atoms with Gasteiger partial charge in [-0.3, -0.25) is 4.79 Å². The Balaban J connectivity index is 1.31. The molecule has 2 aromatic carbocycles. The lowest BCUT2D eigenvalue weighted by Crippen LogP contribution is -2.42. The Morgan fingerprint density at radius 2 is 1.68 bits per heavy atom. The standard InChI is InChI=1S/C27H31FN4OS/c28-23-15-11-21(12-16-23)17-31(24-9-5-2-6-10-24)25(33)19-34-27-30-29-26(22-13-14-22)32(27)18-20-7-3-1-4-8-20/h1,3-4,7-8,11-12,15-16,22,24H,2,5-6,9-10,13-14,17-19H2. The van der Waals surface area contributed by atoms with Gasteiger partial charge in [0.15, 0.2) is 5.16 Å². The molecule has 2 aliphatic carbocycles. The third-order valence-corrected chi connectivity index (χ3v) is 7.75. The number of carbonyl (C=O) groups is 1. The van der Waals surface area contributed by atoms with Crippen molar-refractivity contribution in [3.8, 4) is 0 Å². The first-order valence-corrected chi connectivity index (χ1v) is 13.3. The van der Waals surface area contributed by atoms with Gasteiger partial charge in [-0.25, -0.2) is 4.39 Å². The quantitative estimate of drug-likeness (QED) is 0.365. The summed E-state index contributed by atoms with van der Waals surface area (Å²) in [4.78, 5) is 15.5. The third kappa shape index (κ3) is 5.69. The molecule has 0 saturated heterocycles. The zero-order valence-electron chi connectivity index (χ0n) is 19.4. The van der Waals surface area contributed by atoms with Crippen molar-refractivity contribution >= 4 is 17.7 Å². The first-order valence-electron chi connectivity index (χ1n) is 12.3. The molecule has 34 heavy (non-hydrogen) atoms. The number of thioether (sulfide) groups is 1. The molecule has 5 rings (SSSR count). The first kappa shape index (κ1) is 23.1. The van der Waals surface area contributed by atoms with Crippen molar-refractivity contribution in [1.29, 1.82) is 0 Å². The normalized spacial score (nSPS) is 16.5. The van der Waals surface area contributed by atoms with Crippen LogP contribution in [0.4, 0.5) is 4.39 Å². The number of hydrogen-bond acceptors (Lipinski definition) is 4. The third-order valence-electron chi connectivity index (χ3n) is 6.80. The number of halogens is 1. The van der Waals surface area contributed by atoms with Gasteiger partial charge in [-0.1, -0.05) is 73.5 Å². The zero-order chi connectivity index (χ0) is 23.3. The van der Waals surface area contributed by atoms with Crippen LogP contribution in [0, 0.1) is 5.82 Å². The van der Waals surface area contributed by atoms with E-state index < -0.39 is 0 Å². The molecule has 0 spiro atoms. The molecular formula is C27H31FN4OS. The number of nitrogens with zero attached hydrogens (tertiary/aromatic N) is 4. The SMILES string of the molecule is O=C(CSc1nnc(C2CC2)n1Cc1ccccc1)N(Cc1ccc(F)cc1)C1CCCCC1. The Bertz CT molecular complexity index is 1090. The van der Waals surface area contributed by atoms with E-state index in [1.165, 1.54) is 35.9 Å². The molecule has 1 heterocycles. The van der Waals surface area contributed by atoms with E-state index in [0.717, 1.165) is 61.6 Å². The summed E-state index contributed by atoms with van der Waals surface area (Å²) in [6.07, 6.45) is 7.92. The van der Waals surface area contributed by atoms with Gasteiger partial charge in [0.05, 0.1) is 12.3 Å². The van der Waals surface area contributed by atoms with Crippen molar-refractivity contribution in [3.05, 3.63) is 77.4 Å². The van der Waals surface area contributed by atoms with Crippen LogP contribution >= 0.6 is 11.8 Å². The van der Waals surface area contributed by atoms with E-state index in [1.54, 1.807) is 12.1 Å². The van der Waals surface area contributed by atoms with E-state index in [4.69, 9.17) is 0 Å². The Kier molecular flexibility index (Phi) is 7.28. The van der Waals surface area contributed by atoms with Crippen LogP contribution in [0.1, 0.15) is 67.8 Å². The highest BCUT2D eigenvalue weighted by molar-refractivity contribution is 7.99. The first-order chi connectivity index (χ1) is 16.7. The number of hydrogen-bond donors (Lipinski definition) is 0. The van der Waals surface area contributed by atoms with Gasteiger partial charge < -0.3 is 9.47 Å². The van der Waals surface area contributed by atoms with Crippen LogP contribution in [-0.2, 0) is 17.9 Å². The molecule has 1 aromatic heterocycles. The minimum atomic E-state index is -0.251. The second-order valence-electron chi connectivity index (χ2n) is 9.42. The monoisotopic (exact) mass is 478 g/mol. The molecular weight excluding hydrogens is 447 g/mol. The number of rotatable bonds is 9. The Morgan fingerprint density at radius 3 is 2.38 bits per heavy atom. The number of carbonyl (C=O) groups excluding carboxylic acids is 1. The van der Waals surface area contributed by atoms with E-state index in [2.05, 4.69) is 26.9 Å². The van der Waals surface area contributed by atoms with Crippen molar-refractivity contribution < 1.29 is 9.18 Å². The highest BCUT2D eigenvalue weighted by atomic mass is 32.2. The maximum Gasteiger partial charge on any atom is 0.233 e. The Morgan fingerprint density at radius 1 is 0.941 bits per heavy atom. The summed E-state index contributed by atoms with van der Waals surface area (Å²) in [5.41, 5.74) is 2.17. The Hall–Kier alpha value is -2.67. The maximum absolute atomic E-state index is 13.5. The zero-order valence-corrected chi connectivity index (χ0v) is 20.2. The second-order valence-corrected chi connectivity index (χ2v) is 10.4. The maximum atomic E-state index is 13.5. The minimum absolute atomic E-state index is 0.114. The van der Waals surface area contributed by atoms with E-state index in [-0.39, 0.29) is 17.8 Å². The van der Waals surface area contributed by atoms with E-state index in [0.29, 0.717) is 18.2 Å². The van der Waals surface area contributed by atoms with Gasteiger partial charge in [-0.05, 0) is 48.9 Å². The highest BCUT2D eigenvalue weighted by Gasteiger charge is 2.31. The van der Waals surface area contributed by atoms with Crippen LogP contribution in [0.2, 0.25) is 0 Å². The fourth-order valence-electron chi connectivity index (χ4n) is 4.77. The van der Waals surface area contributed by atoms with Crippen LogP contribution in [0.5, 0.6) is 0 Å². The fourth-order valence-corrected chi connectivity index (χ4v) is 5.61. The molecule has 5 nitrogen and oxygen atoms in total. The molecule has 2 fully saturated rings. The predicted octanol–water partition coefficient (Wildman–Crippen LogP) is 5.80.